The lowest BCUT2D eigenvalue weighted by molar-refractivity contribution is -0.274. The summed E-state index contributed by atoms with van der Waals surface area (Å²) in [7, 11) is 0. The van der Waals surface area contributed by atoms with Crippen LogP contribution in [0.5, 0.6) is 5.75 Å². The Morgan fingerprint density at radius 1 is 1.08 bits per heavy atom. The number of alkyl halides is 3. The first-order valence-corrected chi connectivity index (χ1v) is 11.5. The van der Waals surface area contributed by atoms with Crippen LogP contribution in [0.25, 0.3) is 0 Å². The zero-order valence-electron chi connectivity index (χ0n) is 19.0. The minimum absolute atomic E-state index is 0.00298. The van der Waals surface area contributed by atoms with Crippen molar-refractivity contribution >= 4 is 40.8 Å². The lowest BCUT2D eigenvalue weighted by Crippen LogP contribution is -2.36. The van der Waals surface area contributed by atoms with Crippen molar-refractivity contribution in [2.45, 2.75) is 31.3 Å². The highest BCUT2D eigenvalue weighted by Crippen LogP contribution is 2.50. The highest BCUT2D eigenvalue weighted by molar-refractivity contribution is 6.34. The fraction of sp³-hybridized carbons (Fsp3) is 0.200. The molecule has 1 saturated carbocycles. The number of nitrogens with zero attached hydrogens (tertiary/aromatic N) is 3. The number of urea groups is 1. The van der Waals surface area contributed by atoms with Crippen LogP contribution in [-0.2, 0) is 11.3 Å². The smallest absolute Gasteiger partial charge is 0.406 e. The molecule has 2 fully saturated rings. The number of imide groups is 1. The van der Waals surface area contributed by atoms with Gasteiger partial charge in [0.25, 0.3) is 11.8 Å². The van der Waals surface area contributed by atoms with Crippen molar-refractivity contribution in [3.8, 4) is 5.75 Å². The Morgan fingerprint density at radius 3 is 2.43 bits per heavy atom. The number of halogens is 4. The van der Waals surface area contributed by atoms with Crippen molar-refractivity contribution in [2.75, 3.05) is 10.2 Å². The average Bonchev–Trinajstić information content (AvgIpc) is 3.62. The van der Waals surface area contributed by atoms with E-state index in [0.29, 0.717) is 24.1 Å². The van der Waals surface area contributed by atoms with Crippen LogP contribution in [0.2, 0.25) is 5.02 Å². The number of benzene rings is 2. The van der Waals surface area contributed by atoms with E-state index in [4.69, 9.17) is 11.6 Å². The largest absolute Gasteiger partial charge is 0.573 e. The van der Waals surface area contributed by atoms with Gasteiger partial charge in [-0.25, -0.2) is 9.69 Å². The van der Waals surface area contributed by atoms with Crippen molar-refractivity contribution in [3.05, 3.63) is 83.1 Å². The Labute approximate surface area is 213 Å². The molecule has 0 radical (unpaired) electrons. The van der Waals surface area contributed by atoms with Crippen LogP contribution in [-0.4, -0.2) is 39.6 Å². The maximum atomic E-state index is 13.4. The zero-order chi connectivity index (χ0) is 26.4. The number of nitrogens with one attached hydrogen (secondary N) is 1. The number of anilines is 2. The number of hydrogen-bond donors (Lipinski definition) is 1. The highest BCUT2D eigenvalue weighted by atomic mass is 35.5. The average molecular weight is 531 g/mol. The van der Waals surface area contributed by atoms with Crippen molar-refractivity contribution in [3.63, 3.8) is 0 Å². The van der Waals surface area contributed by atoms with Crippen LogP contribution in [0.3, 0.4) is 0 Å². The minimum atomic E-state index is -4.86. The molecule has 2 heterocycles. The van der Waals surface area contributed by atoms with E-state index in [2.05, 4.69) is 15.0 Å². The quantitative estimate of drug-likeness (QED) is 0.432. The van der Waals surface area contributed by atoms with Crippen LogP contribution >= 0.6 is 11.6 Å². The summed E-state index contributed by atoms with van der Waals surface area (Å²) >= 11 is 6.12. The molecule has 1 saturated heterocycles. The van der Waals surface area contributed by atoms with E-state index < -0.39 is 35.5 Å². The molecule has 8 nitrogen and oxygen atoms in total. The van der Waals surface area contributed by atoms with E-state index in [1.54, 1.807) is 30.3 Å². The van der Waals surface area contributed by atoms with E-state index >= 15 is 0 Å². The summed E-state index contributed by atoms with van der Waals surface area (Å²) in [6, 6.07) is 12.1. The third-order valence-corrected chi connectivity index (χ3v) is 6.53. The van der Waals surface area contributed by atoms with Gasteiger partial charge in [-0.2, -0.15) is 0 Å². The summed E-state index contributed by atoms with van der Waals surface area (Å²) in [5.74, 6) is -1.39. The van der Waals surface area contributed by atoms with Gasteiger partial charge in [0.1, 0.15) is 11.3 Å². The van der Waals surface area contributed by atoms with Crippen molar-refractivity contribution in [1.29, 1.82) is 0 Å². The number of hydrogen-bond acceptors (Lipinski definition) is 5. The Kier molecular flexibility index (Phi) is 6.03. The molecule has 0 atom stereocenters. The molecule has 1 aliphatic carbocycles. The highest BCUT2D eigenvalue weighted by Gasteiger charge is 2.65. The Hall–Kier alpha value is -4.12. The fourth-order valence-corrected chi connectivity index (χ4v) is 4.46. The number of aromatic nitrogens is 1. The Balaban J connectivity index is 1.38. The van der Waals surface area contributed by atoms with E-state index in [0.717, 1.165) is 17.0 Å². The summed E-state index contributed by atoms with van der Waals surface area (Å²) in [6.45, 7) is -0.00298. The molecule has 3 aromatic rings. The second kappa shape index (κ2) is 9.07. The van der Waals surface area contributed by atoms with E-state index in [1.165, 1.54) is 29.4 Å². The first-order chi connectivity index (χ1) is 17.6. The van der Waals surface area contributed by atoms with Gasteiger partial charge < -0.3 is 15.0 Å². The maximum Gasteiger partial charge on any atom is 0.573 e. The van der Waals surface area contributed by atoms with Crippen LogP contribution in [0, 0.1) is 0 Å². The molecule has 1 aliphatic heterocycles. The van der Waals surface area contributed by atoms with Gasteiger partial charge in [0.15, 0.2) is 0 Å². The number of amides is 4. The molecule has 12 heteroatoms. The van der Waals surface area contributed by atoms with Gasteiger partial charge in [-0.15, -0.1) is 13.2 Å². The third-order valence-electron chi connectivity index (χ3n) is 6.20. The molecule has 4 amide bonds. The molecule has 5 rings (SSSR count). The second-order valence-electron chi connectivity index (χ2n) is 8.55. The molecule has 1 spiro atoms. The second-order valence-corrected chi connectivity index (χ2v) is 8.96. The summed E-state index contributed by atoms with van der Waals surface area (Å²) in [5, 5.41) is 3.02. The summed E-state index contributed by atoms with van der Waals surface area (Å²) < 4.78 is 41.3. The fourth-order valence-electron chi connectivity index (χ4n) is 4.24. The normalized spacial score (nSPS) is 16.3. The monoisotopic (exact) mass is 530 g/mol. The molecule has 190 valence electrons. The molecule has 0 bridgehead atoms. The minimum Gasteiger partial charge on any atom is -0.406 e. The van der Waals surface area contributed by atoms with Crippen molar-refractivity contribution < 1.29 is 32.3 Å². The maximum absolute atomic E-state index is 13.4. The molecule has 2 aliphatic rings. The first kappa shape index (κ1) is 24.6. The van der Waals surface area contributed by atoms with Gasteiger partial charge in [-0.3, -0.25) is 14.6 Å². The lowest BCUT2D eigenvalue weighted by Gasteiger charge is -2.23. The number of rotatable bonds is 6. The molecular formula is C25H18ClF3N4O4. The van der Waals surface area contributed by atoms with Crippen molar-refractivity contribution in [2.24, 2.45) is 0 Å². The van der Waals surface area contributed by atoms with E-state index in [1.807, 2.05) is 0 Å². The summed E-state index contributed by atoms with van der Waals surface area (Å²) in [5.41, 5.74) is 0.217. The first-order valence-electron chi connectivity index (χ1n) is 11.1. The molecule has 1 N–H and O–H groups in total. The van der Waals surface area contributed by atoms with Crippen LogP contribution in [0.15, 0.2) is 67.0 Å². The molecule has 37 heavy (non-hydrogen) atoms. The lowest BCUT2D eigenvalue weighted by atomic mass is 10.1. The van der Waals surface area contributed by atoms with Gasteiger partial charge in [0.2, 0.25) is 0 Å². The van der Waals surface area contributed by atoms with Crippen molar-refractivity contribution in [1.82, 2.24) is 9.88 Å². The zero-order valence-corrected chi connectivity index (χ0v) is 19.7. The van der Waals surface area contributed by atoms with Crippen LogP contribution in [0.1, 0.15) is 28.8 Å². The topological polar surface area (TPSA) is 91.8 Å². The Morgan fingerprint density at radius 2 is 1.78 bits per heavy atom. The number of ether oxygens (including phenoxy) is 1. The van der Waals surface area contributed by atoms with E-state index in [-0.39, 0.29) is 22.8 Å². The van der Waals surface area contributed by atoms with Gasteiger partial charge in [-0.1, -0.05) is 23.7 Å². The predicted molar refractivity (Wildman–Crippen MR) is 127 cm³/mol. The SMILES string of the molecule is O=C(Nc1cnccc1CN1C(=O)N(c2ccc(OC(F)(F)F)cc2)C(=O)C12CC2)c1ccccc1Cl. The summed E-state index contributed by atoms with van der Waals surface area (Å²) in [4.78, 5) is 45.8. The van der Waals surface area contributed by atoms with Crippen LogP contribution < -0.4 is 15.0 Å². The molecule has 0 unspecified atom stereocenters. The molecule has 2 aromatic carbocycles. The number of carbonyl (C=O) groups excluding carboxylic acids is 3. The molecule has 1 aromatic heterocycles. The number of pyridine rings is 1. The number of carbonyl (C=O) groups is 3. The van der Waals surface area contributed by atoms with Gasteiger partial charge in [0.05, 0.1) is 34.7 Å². The van der Waals surface area contributed by atoms with Gasteiger partial charge in [-0.05, 0) is 60.9 Å². The third kappa shape index (κ3) is 4.69. The molecular weight excluding hydrogens is 513 g/mol. The standard InChI is InChI=1S/C25H18ClF3N4O4/c26-19-4-2-1-3-18(19)21(34)31-20-13-30-12-9-15(20)14-32-23(36)33(22(35)24(32)10-11-24)16-5-7-17(8-6-16)37-25(27,28)29/h1-9,12-13H,10-11,14H2,(H,31,34). The van der Waals surface area contributed by atoms with E-state index in [9.17, 15) is 27.6 Å². The Bertz CT molecular complexity index is 1390. The van der Waals surface area contributed by atoms with Gasteiger partial charge in [0, 0.05) is 6.20 Å². The van der Waals surface area contributed by atoms with Gasteiger partial charge >= 0.3 is 12.4 Å². The summed E-state index contributed by atoms with van der Waals surface area (Å²) in [6.07, 6.45) is -1.05. The van der Waals surface area contributed by atoms with Crippen LogP contribution in [0.4, 0.5) is 29.3 Å². The predicted octanol–water partition coefficient (Wildman–Crippen LogP) is 5.39.